The highest BCUT2D eigenvalue weighted by molar-refractivity contribution is 7.89. The predicted octanol–water partition coefficient (Wildman–Crippen LogP) is 4.18. The van der Waals surface area contributed by atoms with Gasteiger partial charge in [-0.2, -0.15) is 4.31 Å². The maximum atomic E-state index is 13.5. The van der Waals surface area contributed by atoms with Crippen molar-refractivity contribution in [2.45, 2.75) is 56.8 Å². The van der Waals surface area contributed by atoms with E-state index in [2.05, 4.69) is 15.3 Å². The summed E-state index contributed by atoms with van der Waals surface area (Å²) in [5.74, 6) is -0.0823. The lowest BCUT2D eigenvalue weighted by Gasteiger charge is -2.31. The molecule has 5 rings (SSSR count). The van der Waals surface area contributed by atoms with Gasteiger partial charge in [0.1, 0.15) is 5.82 Å². The number of nitrogens with zero attached hydrogens (tertiary/aromatic N) is 2. The van der Waals surface area contributed by atoms with E-state index in [-0.39, 0.29) is 12.5 Å². The third kappa shape index (κ3) is 4.42. The van der Waals surface area contributed by atoms with Gasteiger partial charge in [-0.25, -0.2) is 13.4 Å². The summed E-state index contributed by atoms with van der Waals surface area (Å²) < 4.78 is 28.5. The average Bonchev–Trinajstić information content (AvgIpc) is 2.98. The van der Waals surface area contributed by atoms with Crippen LogP contribution in [0.4, 0.5) is 5.82 Å². The lowest BCUT2D eigenvalue weighted by molar-refractivity contribution is -0.120. The van der Waals surface area contributed by atoms with Gasteiger partial charge in [0.2, 0.25) is 15.9 Å². The van der Waals surface area contributed by atoms with E-state index >= 15 is 0 Å². The van der Waals surface area contributed by atoms with Crippen LogP contribution < -0.4 is 5.32 Å². The fourth-order valence-corrected chi connectivity index (χ4v) is 6.63. The molecule has 1 amide bonds. The summed E-state index contributed by atoms with van der Waals surface area (Å²) in [5.41, 5.74) is 4.52. The van der Waals surface area contributed by atoms with Crippen molar-refractivity contribution in [2.24, 2.45) is 5.92 Å². The minimum absolute atomic E-state index is 0.181. The fraction of sp³-hybridized carbons (Fsp3) is 0.440. The predicted molar refractivity (Wildman–Crippen MR) is 129 cm³/mol. The van der Waals surface area contributed by atoms with Crippen LogP contribution >= 0.6 is 0 Å². The highest BCUT2D eigenvalue weighted by Gasteiger charge is 2.34. The van der Waals surface area contributed by atoms with E-state index < -0.39 is 15.9 Å². The van der Waals surface area contributed by atoms with Crippen molar-refractivity contribution in [2.75, 3.05) is 18.4 Å². The molecule has 0 radical (unpaired) electrons. The number of amides is 1. The third-order valence-electron chi connectivity index (χ3n) is 6.88. The van der Waals surface area contributed by atoms with E-state index in [1.807, 2.05) is 31.2 Å². The maximum Gasteiger partial charge on any atom is 0.243 e. The molecule has 1 atom stereocenters. The molecular formula is C25H30N4O3S. The van der Waals surface area contributed by atoms with Crippen LogP contribution in [0, 0.1) is 12.8 Å². The van der Waals surface area contributed by atoms with Gasteiger partial charge in [-0.15, -0.1) is 0 Å². The molecule has 2 aliphatic rings. The zero-order valence-electron chi connectivity index (χ0n) is 18.9. The van der Waals surface area contributed by atoms with Crippen LogP contribution in [0.2, 0.25) is 0 Å². The van der Waals surface area contributed by atoms with Crippen molar-refractivity contribution in [3.63, 3.8) is 0 Å². The number of rotatable bonds is 4. The summed E-state index contributed by atoms with van der Waals surface area (Å²) in [4.78, 5) is 20.8. The number of benzene rings is 1. The van der Waals surface area contributed by atoms with Crippen LogP contribution in [-0.2, 0) is 27.7 Å². The van der Waals surface area contributed by atoms with Gasteiger partial charge in [-0.3, -0.25) is 4.79 Å². The monoisotopic (exact) mass is 466 g/mol. The lowest BCUT2D eigenvalue weighted by Crippen LogP contribution is -2.43. The molecule has 1 saturated heterocycles. The SMILES string of the molecule is Cc1ccnc(NC(=O)[C@@H]2CCCN(S(=O)(=O)c3ccc4[nH]c5c(c4c3)CCCCC5)C2)c1. The number of carbonyl (C=O) groups excluding carboxylic acids is 1. The van der Waals surface area contributed by atoms with Crippen LogP contribution in [0.25, 0.3) is 10.9 Å². The van der Waals surface area contributed by atoms with Crippen LogP contribution in [0.15, 0.2) is 41.4 Å². The summed E-state index contributed by atoms with van der Waals surface area (Å²) in [5, 5.41) is 3.87. The van der Waals surface area contributed by atoms with Gasteiger partial charge < -0.3 is 10.3 Å². The van der Waals surface area contributed by atoms with Crippen molar-refractivity contribution in [1.82, 2.24) is 14.3 Å². The number of piperidine rings is 1. The molecule has 174 valence electrons. The third-order valence-corrected chi connectivity index (χ3v) is 8.74. The van der Waals surface area contributed by atoms with E-state index in [0.717, 1.165) is 35.7 Å². The summed E-state index contributed by atoms with van der Waals surface area (Å²) in [6.45, 7) is 2.55. The molecule has 33 heavy (non-hydrogen) atoms. The molecule has 2 aromatic heterocycles. The van der Waals surface area contributed by atoms with E-state index in [9.17, 15) is 13.2 Å². The lowest BCUT2D eigenvalue weighted by atomic mass is 9.99. The maximum absolute atomic E-state index is 13.5. The first-order valence-electron chi connectivity index (χ1n) is 11.8. The Hall–Kier alpha value is -2.71. The quantitative estimate of drug-likeness (QED) is 0.564. The Morgan fingerprint density at radius 2 is 1.97 bits per heavy atom. The van der Waals surface area contributed by atoms with Gasteiger partial charge in [-0.1, -0.05) is 6.42 Å². The number of hydrogen-bond acceptors (Lipinski definition) is 4. The molecule has 0 unspecified atom stereocenters. The topological polar surface area (TPSA) is 95.2 Å². The number of pyridine rings is 1. The van der Waals surface area contributed by atoms with Crippen molar-refractivity contribution in [1.29, 1.82) is 0 Å². The number of H-pyrrole nitrogens is 1. The van der Waals surface area contributed by atoms with Crippen LogP contribution in [-0.4, -0.2) is 41.7 Å². The number of sulfonamides is 1. The van der Waals surface area contributed by atoms with Crippen molar-refractivity contribution < 1.29 is 13.2 Å². The Kier molecular flexibility index (Phi) is 5.97. The summed E-state index contributed by atoms with van der Waals surface area (Å²) in [6, 6.07) is 9.07. The van der Waals surface area contributed by atoms with Crippen molar-refractivity contribution >= 4 is 32.7 Å². The van der Waals surface area contributed by atoms with E-state index in [4.69, 9.17) is 0 Å². The first-order chi connectivity index (χ1) is 15.9. The molecular weight excluding hydrogens is 436 g/mol. The minimum atomic E-state index is -3.69. The highest BCUT2D eigenvalue weighted by atomic mass is 32.2. The number of fused-ring (bicyclic) bond motifs is 3. The zero-order valence-corrected chi connectivity index (χ0v) is 19.7. The average molecular weight is 467 g/mol. The number of aryl methyl sites for hydroxylation is 3. The molecule has 1 aliphatic heterocycles. The number of carbonyl (C=O) groups is 1. The number of anilines is 1. The van der Waals surface area contributed by atoms with E-state index in [1.54, 1.807) is 12.3 Å². The van der Waals surface area contributed by atoms with Gasteiger partial charge in [0.05, 0.1) is 10.8 Å². The zero-order chi connectivity index (χ0) is 23.0. The molecule has 3 heterocycles. The Morgan fingerprint density at radius 1 is 1.12 bits per heavy atom. The van der Waals surface area contributed by atoms with Gasteiger partial charge in [0.15, 0.2) is 0 Å². The largest absolute Gasteiger partial charge is 0.358 e. The van der Waals surface area contributed by atoms with Crippen molar-refractivity contribution in [3.05, 3.63) is 53.3 Å². The molecule has 1 aliphatic carbocycles. The van der Waals surface area contributed by atoms with Gasteiger partial charge in [-0.05, 0) is 86.9 Å². The molecule has 0 spiro atoms. The molecule has 3 aromatic rings. The van der Waals surface area contributed by atoms with Gasteiger partial charge in [0, 0.05) is 35.9 Å². The Bertz CT molecular complexity index is 1300. The second-order valence-corrected chi connectivity index (χ2v) is 11.2. The molecule has 1 fully saturated rings. The number of aromatic amines is 1. The van der Waals surface area contributed by atoms with Gasteiger partial charge in [0.25, 0.3) is 0 Å². The van der Waals surface area contributed by atoms with Crippen molar-refractivity contribution in [3.8, 4) is 0 Å². The normalized spacial score (nSPS) is 19.7. The van der Waals surface area contributed by atoms with Gasteiger partial charge >= 0.3 is 0 Å². The number of hydrogen-bond donors (Lipinski definition) is 2. The van der Waals surface area contributed by atoms with Crippen LogP contribution in [0.1, 0.15) is 48.9 Å². The van der Waals surface area contributed by atoms with E-state index in [0.29, 0.717) is 30.1 Å². The Labute approximate surface area is 194 Å². The molecule has 2 N–H and O–H groups in total. The molecule has 8 heteroatoms. The Balaban J connectivity index is 1.37. The number of aromatic nitrogens is 2. The molecule has 0 saturated carbocycles. The number of nitrogens with one attached hydrogen (secondary N) is 2. The summed E-state index contributed by atoms with van der Waals surface area (Å²) in [6.07, 6.45) is 8.48. The Morgan fingerprint density at radius 3 is 2.82 bits per heavy atom. The first-order valence-corrected chi connectivity index (χ1v) is 13.2. The molecule has 0 bridgehead atoms. The highest BCUT2D eigenvalue weighted by Crippen LogP contribution is 2.32. The molecule has 1 aromatic carbocycles. The minimum Gasteiger partial charge on any atom is -0.358 e. The summed E-state index contributed by atoms with van der Waals surface area (Å²) in [7, 11) is -3.69. The molecule has 7 nitrogen and oxygen atoms in total. The van der Waals surface area contributed by atoms with Crippen LogP contribution in [0.5, 0.6) is 0 Å². The fourth-order valence-electron chi connectivity index (χ4n) is 5.08. The summed E-state index contributed by atoms with van der Waals surface area (Å²) >= 11 is 0. The standard InChI is InChI=1S/C25H30N4O3S/c1-17-11-12-26-24(14-17)28-25(30)18-6-5-13-29(16-18)33(31,32)19-9-10-23-21(15-19)20-7-3-2-4-8-22(20)27-23/h9-12,14-15,18,27H,2-8,13,16H2,1H3,(H,26,28,30)/t18-/m1/s1. The second-order valence-electron chi connectivity index (χ2n) is 9.26. The van der Waals surface area contributed by atoms with Crippen LogP contribution in [0.3, 0.4) is 0 Å². The smallest absolute Gasteiger partial charge is 0.243 e. The first kappa shape index (κ1) is 22.1. The second kappa shape index (κ2) is 8.91. The van der Waals surface area contributed by atoms with E-state index in [1.165, 1.54) is 28.4 Å².